The largest absolute Gasteiger partial charge is 0.388 e. The molecule has 18 heavy (non-hydrogen) atoms. The number of aliphatic hydroxyl groups excluding tert-OH is 1. The van der Waals surface area contributed by atoms with Crippen molar-refractivity contribution in [2.75, 3.05) is 0 Å². The van der Waals surface area contributed by atoms with Gasteiger partial charge in [0.2, 0.25) is 0 Å². The Labute approximate surface area is 117 Å². The molecule has 0 saturated heterocycles. The van der Waals surface area contributed by atoms with E-state index in [0.717, 1.165) is 21.2 Å². The minimum atomic E-state index is -0.438. The van der Waals surface area contributed by atoms with Gasteiger partial charge in [0.05, 0.1) is 6.10 Å². The zero-order valence-electron chi connectivity index (χ0n) is 10.7. The smallest absolute Gasteiger partial charge is 0.0832 e. The molecule has 0 aromatic heterocycles. The van der Waals surface area contributed by atoms with E-state index in [1.807, 2.05) is 43.3 Å². The Morgan fingerprint density at radius 2 is 1.72 bits per heavy atom. The molecule has 2 aromatic carbocycles. The molecule has 0 spiro atoms. The van der Waals surface area contributed by atoms with Gasteiger partial charge in [0.15, 0.2) is 0 Å². The number of aryl methyl sites for hydroxylation is 2. The first-order chi connectivity index (χ1) is 8.56. The average Bonchev–Trinajstić information content (AvgIpc) is 2.32. The van der Waals surface area contributed by atoms with Gasteiger partial charge in [0, 0.05) is 10.9 Å². The van der Waals surface area contributed by atoms with Crippen LogP contribution in [-0.4, -0.2) is 5.11 Å². The van der Waals surface area contributed by atoms with Gasteiger partial charge >= 0.3 is 0 Å². The van der Waals surface area contributed by atoms with Crippen molar-refractivity contribution in [2.45, 2.75) is 26.4 Å². The minimum Gasteiger partial charge on any atom is -0.388 e. The van der Waals surface area contributed by atoms with Crippen LogP contribution in [0.4, 0.5) is 0 Å². The zero-order chi connectivity index (χ0) is 13.1. The van der Waals surface area contributed by atoms with Gasteiger partial charge in [0.1, 0.15) is 0 Å². The molecule has 1 nitrogen and oxygen atoms in total. The molecule has 1 atom stereocenters. The maximum atomic E-state index is 10.3. The predicted octanol–water partition coefficient (Wildman–Crippen LogP) is 4.34. The van der Waals surface area contributed by atoms with Gasteiger partial charge in [-0.1, -0.05) is 51.8 Å². The highest BCUT2D eigenvalue weighted by molar-refractivity contribution is 9.10. The Morgan fingerprint density at radius 3 is 2.33 bits per heavy atom. The summed E-state index contributed by atoms with van der Waals surface area (Å²) in [5.41, 5.74) is 4.54. The fourth-order valence-corrected chi connectivity index (χ4v) is 2.42. The second kappa shape index (κ2) is 5.68. The fraction of sp³-hybridized carbons (Fsp3) is 0.250. The lowest BCUT2D eigenvalue weighted by atomic mass is 9.96. The van der Waals surface area contributed by atoms with Gasteiger partial charge in [-0.05, 0) is 42.7 Å². The summed E-state index contributed by atoms with van der Waals surface area (Å²) in [7, 11) is 0. The molecule has 0 amide bonds. The van der Waals surface area contributed by atoms with Gasteiger partial charge in [-0.25, -0.2) is 0 Å². The quantitative estimate of drug-likeness (QED) is 0.894. The van der Waals surface area contributed by atoms with Crippen LogP contribution in [0.5, 0.6) is 0 Å². The molecule has 0 bridgehead atoms. The molecule has 0 aliphatic heterocycles. The SMILES string of the molecule is Cc1ccc(C(O)Cc2ccc(Br)cc2)c(C)c1. The predicted molar refractivity (Wildman–Crippen MR) is 78.7 cm³/mol. The minimum absolute atomic E-state index is 0.438. The van der Waals surface area contributed by atoms with Crippen LogP contribution in [-0.2, 0) is 6.42 Å². The van der Waals surface area contributed by atoms with Crippen molar-refractivity contribution in [3.63, 3.8) is 0 Å². The fourth-order valence-electron chi connectivity index (χ4n) is 2.15. The number of rotatable bonds is 3. The van der Waals surface area contributed by atoms with E-state index in [0.29, 0.717) is 6.42 Å². The monoisotopic (exact) mass is 304 g/mol. The van der Waals surface area contributed by atoms with Crippen LogP contribution in [0.3, 0.4) is 0 Å². The van der Waals surface area contributed by atoms with Crippen LogP contribution in [0.25, 0.3) is 0 Å². The summed E-state index contributed by atoms with van der Waals surface area (Å²) in [5, 5.41) is 10.3. The lowest BCUT2D eigenvalue weighted by Gasteiger charge is -2.14. The Morgan fingerprint density at radius 1 is 1.06 bits per heavy atom. The van der Waals surface area contributed by atoms with E-state index < -0.39 is 6.10 Å². The van der Waals surface area contributed by atoms with Crippen LogP contribution in [0.1, 0.15) is 28.4 Å². The second-order valence-corrected chi connectivity index (χ2v) is 5.62. The third-order valence-corrected chi connectivity index (χ3v) is 3.66. The highest BCUT2D eigenvalue weighted by Crippen LogP contribution is 2.23. The summed E-state index contributed by atoms with van der Waals surface area (Å²) in [6, 6.07) is 14.3. The zero-order valence-corrected chi connectivity index (χ0v) is 12.2. The van der Waals surface area contributed by atoms with Crippen molar-refractivity contribution in [3.05, 3.63) is 69.2 Å². The third kappa shape index (κ3) is 3.21. The Bertz CT molecular complexity index is 531. The Hall–Kier alpha value is -1.12. The van der Waals surface area contributed by atoms with E-state index in [4.69, 9.17) is 0 Å². The van der Waals surface area contributed by atoms with Gasteiger partial charge in [-0.15, -0.1) is 0 Å². The van der Waals surface area contributed by atoms with E-state index in [1.165, 1.54) is 5.56 Å². The molecule has 94 valence electrons. The van der Waals surface area contributed by atoms with Gasteiger partial charge in [0.25, 0.3) is 0 Å². The van der Waals surface area contributed by atoms with E-state index in [2.05, 4.69) is 28.9 Å². The highest BCUT2D eigenvalue weighted by atomic mass is 79.9. The molecule has 1 unspecified atom stereocenters. The summed E-state index contributed by atoms with van der Waals surface area (Å²) in [6.45, 7) is 4.12. The van der Waals surface area contributed by atoms with E-state index >= 15 is 0 Å². The highest BCUT2D eigenvalue weighted by Gasteiger charge is 2.11. The topological polar surface area (TPSA) is 20.2 Å². The molecule has 2 aromatic rings. The first-order valence-electron chi connectivity index (χ1n) is 6.06. The molecule has 2 heteroatoms. The molecule has 0 aliphatic rings. The second-order valence-electron chi connectivity index (χ2n) is 4.71. The van der Waals surface area contributed by atoms with Crippen molar-refractivity contribution < 1.29 is 5.11 Å². The van der Waals surface area contributed by atoms with Crippen LogP contribution < -0.4 is 0 Å². The molecule has 0 radical (unpaired) electrons. The molecule has 1 N–H and O–H groups in total. The molecule has 0 saturated carbocycles. The Kier molecular flexibility index (Phi) is 4.20. The molecule has 0 fully saturated rings. The van der Waals surface area contributed by atoms with Crippen LogP contribution >= 0.6 is 15.9 Å². The van der Waals surface area contributed by atoms with E-state index in [-0.39, 0.29) is 0 Å². The molecule has 0 aliphatic carbocycles. The molecule has 0 heterocycles. The first-order valence-corrected chi connectivity index (χ1v) is 6.85. The number of halogens is 1. The number of hydrogen-bond acceptors (Lipinski definition) is 1. The first kappa shape index (κ1) is 13.3. The maximum Gasteiger partial charge on any atom is 0.0832 e. The van der Waals surface area contributed by atoms with Crippen LogP contribution in [0, 0.1) is 13.8 Å². The van der Waals surface area contributed by atoms with E-state index in [1.54, 1.807) is 0 Å². The van der Waals surface area contributed by atoms with Crippen LogP contribution in [0.15, 0.2) is 46.9 Å². The van der Waals surface area contributed by atoms with Crippen molar-refractivity contribution in [2.24, 2.45) is 0 Å². The summed E-state index contributed by atoms with van der Waals surface area (Å²) in [4.78, 5) is 0. The Balaban J connectivity index is 2.16. The number of hydrogen-bond donors (Lipinski definition) is 1. The van der Waals surface area contributed by atoms with Gasteiger partial charge in [-0.3, -0.25) is 0 Å². The maximum absolute atomic E-state index is 10.3. The van der Waals surface area contributed by atoms with Crippen molar-refractivity contribution >= 4 is 15.9 Å². The lowest BCUT2D eigenvalue weighted by Crippen LogP contribution is -2.04. The third-order valence-electron chi connectivity index (χ3n) is 3.13. The van der Waals surface area contributed by atoms with Gasteiger partial charge < -0.3 is 5.11 Å². The molecular formula is C16H17BrO. The summed E-state index contributed by atoms with van der Waals surface area (Å²) in [6.07, 6.45) is 0.212. The van der Waals surface area contributed by atoms with Crippen LogP contribution in [0.2, 0.25) is 0 Å². The summed E-state index contributed by atoms with van der Waals surface area (Å²) >= 11 is 3.41. The van der Waals surface area contributed by atoms with E-state index in [9.17, 15) is 5.11 Å². The van der Waals surface area contributed by atoms with Crippen molar-refractivity contribution in [1.82, 2.24) is 0 Å². The molecular weight excluding hydrogens is 288 g/mol. The summed E-state index contributed by atoms with van der Waals surface area (Å²) < 4.78 is 1.06. The number of benzene rings is 2. The van der Waals surface area contributed by atoms with Crippen molar-refractivity contribution in [3.8, 4) is 0 Å². The standard InChI is InChI=1S/C16H17BrO/c1-11-3-8-15(12(2)9-11)16(18)10-13-4-6-14(17)7-5-13/h3-9,16,18H,10H2,1-2H3. The lowest BCUT2D eigenvalue weighted by molar-refractivity contribution is 0.177. The van der Waals surface area contributed by atoms with Gasteiger partial charge in [-0.2, -0.15) is 0 Å². The normalized spacial score (nSPS) is 12.4. The molecule has 2 rings (SSSR count). The number of aliphatic hydroxyl groups is 1. The summed E-state index contributed by atoms with van der Waals surface area (Å²) in [5.74, 6) is 0. The van der Waals surface area contributed by atoms with Crippen molar-refractivity contribution in [1.29, 1.82) is 0 Å². The average molecular weight is 305 g/mol.